The van der Waals surface area contributed by atoms with Gasteiger partial charge in [-0.1, -0.05) is 16.6 Å². The van der Waals surface area contributed by atoms with E-state index in [2.05, 4.69) is 14.9 Å². The second kappa shape index (κ2) is 4.92. The largest absolute Gasteiger partial charge is 0.481 e. The van der Waals surface area contributed by atoms with E-state index in [4.69, 9.17) is 0 Å². The number of carbonyl (C=O) groups excluding carboxylic acids is 1. The second-order valence-corrected chi connectivity index (χ2v) is 5.86. The quantitative estimate of drug-likeness (QED) is 0.903. The molecule has 0 atom stereocenters. The lowest BCUT2D eigenvalue weighted by Crippen LogP contribution is -2.19. The molecule has 0 saturated heterocycles. The van der Waals surface area contributed by atoms with Crippen molar-refractivity contribution in [3.05, 3.63) is 40.4 Å². The normalized spacial score (nSPS) is 15.5. The molecule has 1 aliphatic carbocycles. The van der Waals surface area contributed by atoms with E-state index in [0.717, 1.165) is 17.1 Å². The summed E-state index contributed by atoms with van der Waals surface area (Å²) in [5, 5.41) is 15.8. The number of anilines is 1. The van der Waals surface area contributed by atoms with Crippen LogP contribution < -0.4 is 5.32 Å². The van der Waals surface area contributed by atoms with Gasteiger partial charge in [0.2, 0.25) is 0 Å². The summed E-state index contributed by atoms with van der Waals surface area (Å²) in [6.45, 7) is 1.73. The van der Waals surface area contributed by atoms with Gasteiger partial charge in [-0.15, -0.1) is 5.10 Å². The molecule has 1 heterocycles. The first kappa shape index (κ1) is 13.7. The molecule has 21 heavy (non-hydrogen) atoms. The SMILES string of the molecule is Cc1nnsc1C(=O)Nc1ccc(C2(C(=O)O)CC2)cc1. The standard InChI is InChI=1S/C14H13N3O3S/c1-8-11(21-17-16-8)12(18)15-10-4-2-9(3-5-10)14(6-7-14)13(19)20/h2-5H,6-7H2,1H3,(H,15,18)(H,19,20). The van der Waals surface area contributed by atoms with Crippen LogP contribution in [0.25, 0.3) is 0 Å². The van der Waals surface area contributed by atoms with Gasteiger partial charge in [-0.3, -0.25) is 9.59 Å². The van der Waals surface area contributed by atoms with Gasteiger partial charge in [0.25, 0.3) is 5.91 Å². The summed E-state index contributed by atoms with van der Waals surface area (Å²) in [5.74, 6) is -1.04. The van der Waals surface area contributed by atoms with Gasteiger partial charge in [-0.2, -0.15) is 0 Å². The molecule has 0 radical (unpaired) electrons. The lowest BCUT2D eigenvalue weighted by molar-refractivity contribution is -0.140. The minimum Gasteiger partial charge on any atom is -0.481 e. The average Bonchev–Trinajstić information content (AvgIpc) is 3.16. The van der Waals surface area contributed by atoms with Crippen molar-refractivity contribution in [3.63, 3.8) is 0 Å². The van der Waals surface area contributed by atoms with Crippen LogP contribution in [0, 0.1) is 6.92 Å². The monoisotopic (exact) mass is 303 g/mol. The van der Waals surface area contributed by atoms with Crippen LogP contribution in [0.2, 0.25) is 0 Å². The summed E-state index contributed by atoms with van der Waals surface area (Å²) in [6, 6.07) is 6.96. The summed E-state index contributed by atoms with van der Waals surface area (Å²) in [5.41, 5.74) is 1.28. The number of nitrogens with one attached hydrogen (secondary N) is 1. The average molecular weight is 303 g/mol. The molecular weight excluding hydrogens is 290 g/mol. The second-order valence-electron chi connectivity index (χ2n) is 5.11. The van der Waals surface area contributed by atoms with Crippen molar-refractivity contribution < 1.29 is 14.7 Å². The summed E-state index contributed by atoms with van der Waals surface area (Å²) in [7, 11) is 0. The van der Waals surface area contributed by atoms with Crippen molar-refractivity contribution in [2.45, 2.75) is 25.2 Å². The van der Waals surface area contributed by atoms with Crippen molar-refractivity contribution in [3.8, 4) is 0 Å². The van der Waals surface area contributed by atoms with E-state index in [0.29, 0.717) is 29.1 Å². The number of nitrogens with zero attached hydrogens (tertiary/aromatic N) is 2. The van der Waals surface area contributed by atoms with Gasteiger partial charge in [-0.25, -0.2) is 0 Å². The van der Waals surface area contributed by atoms with E-state index in [1.807, 2.05) is 0 Å². The van der Waals surface area contributed by atoms with Crippen molar-refractivity contribution in [1.82, 2.24) is 9.59 Å². The van der Waals surface area contributed by atoms with Gasteiger partial charge in [0, 0.05) is 5.69 Å². The molecule has 1 aliphatic rings. The summed E-state index contributed by atoms with van der Waals surface area (Å²) in [6.07, 6.45) is 1.33. The van der Waals surface area contributed by atoms with Crippen LogP contribution in [0.15, 0.2) is 24.3 Å². The Hall–Kier alpha value is -2.28. The smallest absolute Gasteiger partial charge is 0.314 e. The van der Waals surface area contributed by atoms with Crippen LogP contribution in [0.3, 0.4) is 0 Å². The van der Waals surface area contributed by atoms with Gasteiger partial charge in [-0.05, 0) is 49.0 Å². The number of amides is 1. The first-order valence-corrected chi connectivity index (χ1v) is 7.24. The Labute approximate surface area is 125 Å². The first-order chi connectivity index (χ1) is 10.0. The summed E-state index contributed by atoms with van der Waals surface area (Å²) < 4.78 is 3.72. The maximum atomic E-state index is 12.0. The number of carboxylic acid groups (broad SMARTS) is 1. The highest BCUT2D eigenvalue weighted by molar-refractivity contribution is 7.08. The van der Waals surface area contributed by atoms with Crippen molar-refractivity contribution in [2.24, 2.45) is 0 Å². The third-order valence-corrected chi connectivity index (χ3v) is 4.54. The Kier molecular flexibility index (Phi) is 3.21. The van der Waals surface area contributed by atoms with Gasteiger partial charge in [0.1, 0.15) is 4.88 Å². The lowest BCUT2D eigenvalue weighted by Gasteiger charge is -2.11. The number of benzene rings is 1. The summed E-state index contributed by atoms with van der Waals surface area (Å²) in [4.78, 5) is 23.8. The predicted octanol–water partition coefficient (Wildman–Crippen LogP) is 2.22. The van der Waals surface area contributed by atoms with Gasteiger partial charge in [0.15, 0.2) is 0 Å². The molecule has 108 valence electrons. The minimum atomic E-state index is -0.786. The third-order valence-electron chi connectivity index (χ3n) is 3.71. The molecule has 1 aromatic heterocycles. The molecule has 1 amide bonds. The number of carbonyl (C=O) groups is 2. The Bertz CT molecular complexity index is 705. The molecule has 0 unspecified atom stereocenters. The fourth-order valence-corrected chi connectivity index (χ4v) is 2.80. The van der Waals surface area contributed by atoms with Crippen LogP contribution in [0.5, 0.6) is 0 Å². The molecular formula is C14H13N3O3S. The number of aliphatic carboxylic acids is 1. The molecule has 7 heteroatoms. The fourth-order valence-electron chi connectivity index (χ4n) is 2.25. The van der Waals surface area contributed by atoms with Crippen molar-refractivity contribution in [1.29, 1.82) is 0 Å². The van der Waals surface area contributed by atoms with Crippen LogP contribution in [-0.4, -0.2) is 26.6 Å². The number of hydrogen-bond acceptors (Lipinski definition) is 5. The minimum absolute atomic E-state index is 0.255. The van der Waals surface area contributed by atoms with Gasteiger partial charge >= 0.3 is 5.97 Å². The van der Waals surface area contributed by atoms with Crippen LogP contribution in [0.1, 0.15) is 33.8 Å². The highest BCUT2D eigenvalue weighted by atomic mass is 32.1. The highest BCUT2D eigenvalue weighted by Gasteiger charge is 2.51. The van der Waals surface area contributed by atoms with E-state index in [9.17, 15) is 14.7 Å². The highest BCUT2D eigenvalue weighted by Crippen LogP contribution is 2.48. The number of aryl methyl sites for hydroxylation is 1. The van der Waals surface area contributed by atoms with Gasteiger partial charge < -0.3 is 10.4 Å². The van der Waals surface area contributed by atoms with Crippen LogP contribution in [0.4, 0.5) is 5.69 Å². The number of aromatic nitrogens is 2. The molecule has 0 spiro atoms. The Morgan fingerprint density at radius 2 is 1.95 bits per heavy atom. The van der Waals surface area contributed by atoms with Crippen LogP contribution >= 0.6 is 11.5 Å². The Morgan fingerprint density at radius 3 is 2.43 bits per heavy atom. The van der Waals surface area contributed by atoms with E-state index >= 15 is 0 Å². The molecule has 1 saturated carbocycles. The third kappa shape index (κ3) is 2.40. The van der Waals surface area contributed by atoms with Crippen LogP contribution in [-0.2, 0) is 10.2 Å². The van der Waals surface area contributed by atoms with E-state index in [1.54, 1.807) is 31.2 Å². The molecule has 0 bridgehead atoms. The van der Waals surface area contributed by atoms with Crippen molar-refractivity contribution >= 4 is 29.1 Å². The number of rotatable bonds is 4. The predicted molar refractivity (Wildman–Crippen MR) is 77.6 cm³/mol. The Morgan fingerprint density at radius 1 is 1.29 bits per heavy atom. The zero-order chi connectivity index (χ0) is 15.0. The molecule has 0 aliphatic heterocycles. The molecule has 2 aromatic rings. The molecule has 3 rings (SSSR count). The van der Waals surface area contributed by atoms with Gasteiger partial charge in [0.05, 0.1) is 11.1 Å². The first-order valence-electron chi connectivity index (χ1n) is 6.47. The molecule has 1 aromatic carbocycles. The summed E-state index contributed by atoms with van der Waals surface area (Å²) >= 11 is 1.05. The van der Waals surface area contributed by atoms with Crippen molar-refractivity contribution in [2.75, 3.05) is 5.32 Å². The lowest BCUT2D eigenvalue weighted by atomic mass is 9.96. The maximum Gasteiger partial charge on any atom is 0.314 e. The topological polar surface area (TPSA) is 92.2 Å². The number of hydrogen-bond donors (Lipinski definition) is 2. The maximum absolute atomic E-state index is 12.0. The van der Waals surface area contributed by atoms with E-state index < -0.39 is 11.4 Å². The Balaban J connectivity index is 1.75. The van der Waals surface area contributed by atoms with E-state index in [1.165, 1.54) is 0 Å². The van der Waals surface area contributed by atoms with E-state index in [-0.39, 0.29) is 5.91 Å². The number of carboxylic acids is 1. The molecule has 1 fully saturated rings. The zero-order valence-electron chi connectivity index (χ0n) is 11.3. The molecule has 2 N–H and O–H groups in total. The zero-order valence-corrected chi connectivity index (χ0v) is 12.1. The molecule has 6 nitrogen and oxygen atoms in total. The fraction of sp³-hybridized carbons (Fsp3) is 0.286.